The Balaban J connectivity index is 2.34. The molecular formula is C38H50N4O6. The third-order valence-electron chi connectivity index (χ3n) is 6.96. The number of nitrogens with one attached hydrogen (secondary N) is 2. The fraction of sp³-hybridized carbons (Fsp3) is 0.421. The number of carbonyl (C=O) groups excluding carboxylic acids is 4. The maximum Gasteiger partial charge on any atom is 0.414 e. The molecule has 3 aromatic carbocycles. The average Bonchev–Trinajstić information content (AvgIpc) is 3.01. The molecule has 3 rings (SSSR count). The van der Waals surface area contributed by atoms with Crippen LogP contribution in [0, 0.1) is 0 Å². The molecule has 2 N–H and O–H groups in total. The molecule has 48 heavy (non-hydrogen) atoms. The van der Waals surface area contributed by atoms with Gasteiger partial charge in [-0.3, -0.25) is 19.4 Å². The summed E-state index contributed by atoms with van der Waals surface area (Å²) >= 11 is 0. The number of anilines is 4. The molecule has 0 saturated heterocycles. The lowest BCUT2D eigenvalue weighted by Crippen LogP contribution is -2.39. The number of carbonyl (C=O) groups is 4. The molecule has 0 fully saturated rings. The Labute approximate surface area is 284 Å². The van der Waals surface area contributed by atoms with E-state index >= 15 is 0 Å². The molecule has 0 spiro atoms. The zero-order valence-corrected chi connectivity index (χ0v) is 29.5. The second-order valence-corrected chi connectivity index (χ2v) is 13.5. The summed E-state index contributed by atoms with van der Waals surface area (Å²) in [7, 11) is 0. The van der Waals surface area contributed by atoms with Crippen molar-refractivity contribution in [1.29, 1.82) is 0 Å². The lowest BCUT2D eigenvalue weighted by Gasteiger charge is -2.32. The largest absolute Gasteiger partial charge is 0.443 e. The Bertz CT molecular complexity index is 1430. The number of benzene rings is 3. The van der Waals surface area contributed by atoms with Gasteiger partial charge in [0.15, 0.2) is 0 Å². The molecule has 0 bridgehead atoms. The van der Waals surface area contributed by atoms with E-state index in [1.165, 1.54) is 9.80 Å². The summed E-state index contributed by atoms with van der Waals surface area (Å²) in [6.07, 6.45) is 1.61. The van der Waals surface area contributed by atoms with E-state index in [0.29, 0.717) is 35.3 Å². The van der Waals surface area contributed by atoms with Crippen molar-refractivity contribution in [2.24, 2.45) is 0 Å². The molecule has 4 amide bonds. The number of unbranched alkanes of at least 4 members (excludes halogenated alkanes) is 2. The molecule has 0 saturated carbocycles. The quantitative estimate of drug-likeness (QED) is 0.200. The smallest absolute Gasteiger partial charge is 0.414 e. The minimum atomic E-state index is -0.800. The van der Waals surface area contributed by atoms with Gasteiger partial charge >= 0.3 is 12.2 Å². The highest BCUT2D eigenvalue weighted by atomic mass is 16.6. The second kappa shape index (κ2) is 16.8. The third-order valence-corrected chi connectivity index (χ3v) is 6.96. The van der Waals surface area contributed by atoms with Crippen molar-refractivity contribution in [3.8, 4) is 0 Å². The van der Waals surface area contributed by atoms with Gasteiger partial charge in [-0.1, -0.05) is 63.1 Å². The highest BCUT2D eigenvalue weighted by Crippen LogP contribution is 2.40. The molecule has 10 heteroatoms. The highest BCUT2D eigenvalue weighted by molar-refractivity contribution is 6.12. The highest BCUT2D eigenvalue weighted by Gasteiger charge is 2.31. The maximum absolute atomic E-state index is 13.8. The van der Waals surface area contributed by atoms with Gasteiger partial charge in [0.2, 0.25) is 0 Å². The predicted molar refractivity (Wildman–Crippen MR) is 192 cm³/mol. The Morgan fingerprint density at radius 3 is 1.25 bits per heavy atom. The van der Waals surface area contributed by atoms with Crippen LogP contribution >= 0.6 is 0 Å². The molecule has 258 valence electrons. The summed E-state index contributed by atoms with van der Waals surface area (Å²) in [6.45, 7) is 15.3. The topological polar surface area (TPSA) is 117 Å². The van der Waals surface area contributed by atoms with Crippen LogP contribution in [0.2, 0.25) is 0 Å². The van der Waals surface area contributed by atoms with E-state index in [2.05, 4.69) is 10.6 Å². The van der Waals surface area contributed by atoms with Crippen LogP contribution in [0.1, 0.15) is 102 Å². The predicted octanol–water partition coefficient (Wildman–Crippen LogP) is 9.27. The van der Waals surface area contributed by atoms with Crippen LogP contribution in [-0.2, 0) is 9.47 Å². The van der Waals surface area contributed by atoms with Crippen LogP contribution in [0.25, 0.3) is 0 Å². The Morgan fingerprint density at radius 2 is 0.938 bits per heavy atom. The fourth-order valence-electron chi connectivity index (χ4n) is 4.68. The van der Waals surface area contributed by atoms with Crippen molar-refractivity contribution in [2.75, 3.05) is 33.5 Å². The van der Waals surface area contributed by atoms with Gasteiger partial charge in [-0.25, -0.2) is 9.59 Å². The third kappa shape index (κ3) is 11.1. The molecule has 0 radical (unpaired) electrons. The van der Waals surface area contributed by atoms with Crippen LogP contribution in [0.15, 0.2) is 72.8 Å². The van der Waals surface area contributed by atoms with Crippen molar-refractivity contribution in [3.63, 3.8) is 0 Å². The Morgan fingerprint density at radius 1 is 0.583 bits per heavy atom. The normalized spacial score (nSPS) is 11.3. The van der Waals surface area contributed by atoms with E-state index in [9.17, 15) is 19.2 Å². The van der Waals surface area contributed by atoms with Crippen LogP contribution in [0.3, 0.4) is 0 Å². The van der Waals surface area contributed by atoms with Gasteiger partial charge in [0.05, 0.1) is 22.7 Å². The van der Waals surface area contributed by atoms with E-state index < -0.39 is 35.2 Å². The van der Waals surface area contributed by atoms with Crippen molar-refractivity contribution in [3.05, 3.63) is 83.9 Å². The lowest BCUT2D eigenvalue weighted by molar-refractivity contribution is 0.0571. The molecule has 3 aromatic rings. The molecule has 0 unspecified atom stereocenters. The summed E-state index contributed by atoms with van der Waals surface area (Å²) in [5, 5.41) is 5.91. The van der Waals surface area contributed by atoms with Gasteiger partial charge < -0.3 is 20.1 Å². The van der Waals surface area contributed by atoms with Gasteiger partial charge in [-0.15, -0.1) is 0 Å². The second-order valence-electron chi connectivity index (χ2n) is 13.5. The van der Waals surface area contributed by atoms with Crippen LogP contribution < -0.4 is 20.4 Å². The van der Waals surface area contributed by atoms with E-state index in [1.807, 2.05) is 26.0 Å². The van der Waals surface area contributed by atoms with Gasteiger partial charge in [0.1, 0.15) is 11.2 Å². The zero-order chi connectivity index (χ0) is 35.5. The van der Waals surface area contributed by atoms with Crippen molar-refractivity contribution in [1.82, 2.24) is 0 Å². The molecule has 0 atom stereocenters. The van der Waals surface area contributed by atoms with Gasteiger partial charge in [-0.05, 0) is 90.8 Å². The molecule has 0 aromatic heterocycles. The average molecular weight is 659 g/mol. The van der Waals surface area contributed by atoms with Crippen LogP contribution in [0.5, 0.6) is 0 Å². The van der Waals surface area contributed by atoms with E-state index in [0.717, 1.165) is 12.8 Å². The lowest BCUT2D eigenvalue weighted by atomic mass is 10.1. The van der Waals surface area contributed by atoms with Crippen LogP contribution in [0.4, 0.5) is 32.3 Å². The van der Waals surface area contributed by atoms with Gasteiger partial charge in [0.25, 0.3) is 11.8 Å². The summed E-state index contributed by atoms with van der Waals surface area (Å²) in [5.41, 5.74) is 0.307. The van der Waals surface area contributed by atoms with E-state index in [-0.39, 0.29) is 24.5 Å². The first-order valence-corrected chi connectivity index (χ1v) is 16.6. The van der Waals surface area contributed by atoms with Crippen molar-refractivity contribution in [2.45, 2.75) is 92.3 Å². The van der Waals surface area contributed by atoms with Crippen molar-refractivity contribution >= 4 is 46.8 Å². The standard InChI is InChI=1S/C38H50N4O6/c1-9-11-23-41(35(45)47-37(3,4)5)31-26-32(42(24-12-10-2)36(46)48-38(6,7)8)30(40-34(44)28-21-17-14-18-22-28)25-29(31)39-33(43)27-19-15-13-16-20-27/h13-22,25-26H,9-12,23-24H2,1-8H3,(H,39,43)(H,40,44). The summed E-state index contributed by atoms with van der Waals surface area (Å²) in [6, 6.07) is 20.6. The van der Waals surface area contributed by atoms with Gasteiger partial charge in [0, 0.05) is 24.2 Å². The number of hydrogen-bond donors (Lipinski definition) is 2. The number of ether oxygens (including phenoxy) is 2. The SMILES string of the molecule is CCCCN(C(=O)OC(C)(C)C)c1cc(N(CCCC)C(=O)OC(C)(C)C)c(NC(=O)c2ccccc2)cc1NC(=O)c1ccccc1. The van der Waals surface area contributed by atoms with E-state index in [1.54, 1.807) is 102 Å². The number of nitrogens with zero attached hydrogens (tertiary/aromatic N) is 2. The molecular weight excluding hydrogens is 608 g/mol. The molecule has 0 aliphatic carbocycles. The van der Waals surface area contributed by atoms with E-state index in [4.69, 9.17) is 9.47 Å². The minimum Gasteiger partial charge on any atom is -0.443 e. The molecule has 0 aliphatic rings. The number of amides is 4. The molecule has 0 heterocycles. The first-order chi connectivity index (χ1) is 22.6. The number of hydrogen-bond acceptors (Lipinski definition) is 6. The van der Waals surface area contributed by atoms with Crippen LogP contribution in [-0.4, -0.2) is 48.3 Å². The first-order valence-electron chi connectivity index (χ1n) is 16.6. The van der Waals surface area contributed by atoms with Gasteiger partial charge in [-0.2, -0.15) is 0 Å². The summed E-state index contributed by atoms with van der Waals surface area (Å²) in [4.78, 5) is 57.7. The first kappa shape index (κ1) is 37.6. The fourth-order valence-corrected chi connectivity index (χ4v) is 4.68. The minimum absolute atomic E-state index is 0.248. The Kier molecular flexibility index (Phi) is 13.2. The summed E-state index contributed by atoms with van der Waals surface area (Å²) < 4.78 is 11.7. The molecule has 10 nitrogen and oxygen atoms in total. The Hall–Kier alpha value is -4.86. The monoisotopic (exact) mass is 658 g/mol. The van der Waals surface area contributed by atoms with Crippen molar-refractivity contribution < 1.29 is 28.7 Å². The molecule has 0 aliphatic heterocycles. The summed E-state index contributed by atoms with van der Waals surface area (Å²) in [5.74, 6) is -0.834. The number of rotatable bonds is 12. The maximum atomic E-state index is 13.8. The zero-order valence-electron chi connectivity index (χ0n) is 29.5.